The Bertz CT molecular complexity index is 1020. The first-order chi connectivity index (χ1) is 15.8. The summed E-state index contributed by atoms with van der Waals surface area (Å²) in [5, 5.41) is 14.4. The number of amides is 1. The van der Waals surface area contributed by atoms with Crippen LogP contribution < -0.4 is 10.2 Å². The van der Waals surface area contributed by atoms with Crippen molar-refractivity contribution in [2.75, 3.05) is 65.3 Å². The second kappa shape index (κ2) is 11.0. The predicted molar refractivity (Wildman–Crippen MR) is 128 cm³/mol. The van der Waals surface area contributed by atoms with E-state index in [-0.39, 0.29) is 28.3 Å². The van der Waals surface area contributed by atoms with Crippen LogP contribution in [-0.2, 0) is 0 Å². The molecule has 9 nitrogen and oxygen atoms in total. The van der Waals surface area contributed by atoms with Crippen molar-refractivity contribution in [3.05, 3.63) is 69.3 Å². The van der Waals surface area contributed by atoms with Gasteiger partial charge in [-0.05, 0) is 38.2 Å². The van der Waals surface area contributed by atoms with Crippen molar-refractivity contribution in [2.45, 2.75) is 6.42 Å². The van der Waals surface area contributed by atoms with E-state index in [2.05, 4.69) is 22.2 Å². The maximum absolute atomic E-state index is 13.2. The number of carbonyl (C=O) groups is 2. The minimum absolute atomic E-state index is 0.156. The zero-order valence-electron chi connectivity index (χ0n) is 19.4. The van der Waals surface area contributed by atoms with Crippen LogP contribution >= 0.6 is 0 Å². The van der Waals surface area contributed by atoms with Gasteiger partial charge in [0, 0.05) is 64.0 Å². The van der Waals surface area contributed by atoms with Gasteiger partial charge in [0.1, 0.15) is 5.69 Å². The van der Waals surface area contributed by atoms with E-state index in [1.54, 1.807) is 55.4 Å². The molecule has 0 saturated carbocycles. The average molecular weight is 454 g/mol. The standard InChI is InChI=1S/C24H31N5O4/c1-26(2)21-10-9-18(17-22(21)29(32)33)23(30)19-7-4-5-8-20(19)24(31)25-11-6-12-28-15-13-27(3)14-16-28/h4-5,7-10,17H,6,11-16H2,1-3H3,(H,25,31). The third-order valence-electron chi connectivity index (χ3n) is 5.86. The van der Waals surface area contributed by atoms with Gasteiger partial charge in [0.15, 0.2) is 5.78 Å². The summed E-state index contributed by atoms with van der Waals surface area (Å²) in [7, 11) is 5.52. The Hall–Kier alpha value is -3.30. The lowest BCUT2D eigenvalue weighted by molar-refractivity contribution is -0.384. The number of piperazine rings is 1. The number of carbonyl (C=O) groups excluding carboxylic acids is 2. The largest absolute Gasteiger partial charge is 0.372 e. The van der Waals surface area contributed by atoms with Crippen molar-refractivity contribution in [1.29, 1.82) is 0 Å². The molecule has 1 fully saturated rings. The molecule has 1 N–H and O–H groups in total. The monoisotopic (exact) mass is 453 g/mol. The summed E-state index contributed by atoms with van der Waals surface area (Å²) in [5.74, 6) is -0.747. The van der Waals surface area contributed by atoms with E-state index in [0.29, 0.717) is 12.2 Å². The van der Waals surface area contributed by atoms with Crippen molar-refractivity contribution >= 4 is 23.1 Å². The SMILES string of the molecule is CN1CCN(CCCNC(=O)c2ccccc2C(=O)c2ccc(N(C)C)c([N+](=O)[O-])c2)CC1. The molecule has 0 spiro atoms. The van der Waals surface area contributed by atoms with Crippen LogP contribution in [0.5, 0.6) is 0 Å². The summed E-state index contributed by atoms with van der Waals surface area (Å²) in [5.41, 5.74) is 0.907. The fraction of sp³-hybridized carbons (Fsp3) is 0.417. The summed E-state index contributed by atoms with van der Waals surface area (Å²) in [6.45, 7) is 5.58. The molecule has 33 heavy (non-hydrogen) atoms. The minimum Gasteiger partial charge on any atom is -0.372 e. The van der Waals surface area contributed by atoms with Crippen molar-refractivity contribution in [3.8, 4) is 0 Å². The molecular formula is C24H31N5O4. The summed E-state index contributed by atoms with van der Waals surface area (Å²) in [6.07, 6.45) is 0.823. The molecule has 1 aliphatic heterocycles. The fourth-order valence-corrected chi connectivity index (χ4v) is 3.89. The fourth-order valence-electron chi connectivity index (χ4n) is 3.89. The lowest BCUT2D eigenvalue weighted by Crippen LogP contribution is -2.45. The number of hydrogen-bond acceptors (Lipinski definition) is 7. The average Bonchev–Trinajstić information content (AvgIpc) is 2.81. The van der Waals surface area contributed by atoms with E-state index in [4.69, 9.17) is 0 Å². The highest BCUT2D eigenvalue weighted by atomic mass is 16.6. The molecule has 176 valence electrons. The van der Waals surface area contributed by atoms with Crippen molar-refractivity contribution < 1.29 is 14.5 Å². The maximum Gasteiger partial charge on any atom is 0.293 e. The van der Waals surface area contributed by atoms with Gasteiger partial charge in [-0.25, -0.2) is 0 Å². The Morgan fingerprint density at radius 3 is 2.36 bits per heavy atom. The lowest BCUT2D eigenvalue weighted by Gasteiger charge is -2.32. The van der Waals surface area contributed by atoms with Crippen LogP contribution in [0.15, 0.2) is 42.5 Å². The molecule has 3 rings (SSSR count). The number of hydrogen-bond donors (Lipinski definition) is 1. The summed E-state index contributed by atoms with van der Waals surface area (Å²) < 4.78 is 0. The Morgan fingerprint density at radius 2 is 1.73 bits per heavy atom. The number of nitro groups is 1. The summed E-state index contributed by atoms with van der Waals surface area (Å²) in [6, 6.07) is 10.9. The van der Waals surface area contributed by atoms with E-state index >= 15 is 0 Å². The molecule has 1 heterocycles. The van der Waals surface area contributed by atoms with E-state index in [0.717, 1.165) is 39.1 Å². The lowest BCUT2D eigenvalue weighted by atomic mass is 9.97. The normalized spacial score (nSPS) is 14.6. The van der Waals surface area contributed by atoms with Gasteiger partial charge in [-0.2, -0.15) is 0 Å². The number of ketones is 1. The van der Waals surface area contributed by atoms with Gasteiger partial charge < -0.3 is 20.0 Å². The van der Waals surface area contributed by atoms with Gasteiger partial charge >= 0.3 is 0 Å². The van der Waals surface area contributed by atoms with Gasteiger partial charge in [0.25, 0.3) is 11.6 Å². The summed E-state index contributed by atoms with van der Waals surface area (Å²) in [4.78, 5) is 43.3. The number of likely N-dealkylation sites (N-methyl/N-ethyl adjacent to an activating group) is 1. The first-order valence-electron chi connectivity index (χ1n) is 11.1. The van der Waals surface area contributed by atoms with Crippen LogP contribution in [0.4, 0.5) is 11.4 Å². The van der Waals surface area contributed by atoms with E-state index < -0.39 is 10.7 Å². The number of rotatable bonds is 9. The van der Waals surface area contributed by atoms with Crippen molar-refractivity contribution in [1.82, 2.24) is 15.1 Å². The molecule has 0 atom stereocenters. The number of nitrogens with zero attached hydrogens (tertiary/aromatic N) is 4. The van der Waals surface area contributed by atoms with E-state index in [1.807, 2.05) is 0 Å². The highest BCUT2D eigenvalue weighted by molar-refractivity contribution is 6.15. The Morgan fingerprint density at radius 1 is 1.06 bits per heavy atom. The number of nitrogens with one attached hydrogen (secondary N) is 1. The second-order valence-electron chi connectivity index (χ2n) is 8.48. The number of anilines is 1. The van der Waals surface area contributed by atoms with Crippen LogP contribution in [0.3, 0.4) is 0 Å². The van der Waals surface area contributed by atoms with Gasteiger partial charge in [-0.15, -0.1) is 0 Å². The van der Waals surface area contributed by atoms with Gasteiger partial charge in [0.2, 0.25) is 0 Å². The molecule has 0 aromatic heterocycles. The Labute approximate surface area is 194 Å². The highest BCUT2D eigenvalue weighted by Crippen LogP contribution is 2.29. The molecule has 0 bridgehead atoms. The molecule has 0 aliphatic carbocycles. The number of nitro benzene ring substituents is 1. The van der Waals surface area contributed by atoms with Crippen LogP contribution in [0.25, 0.3) is 0 Å². The predicted octanol–water partition coefficient (Wildman–Crippen LogP) is 2.26. The molecule has 9 heteroatoms. The van der Waals surface area contributed by atoms with E-state index in [9.17, 15) is 19.7 Å². The van der Waals surface area contributed by atoms with Crippen LogP contribution in [0.1, 0.15) is 32.7 Å². The Balaban J connectivity index is 1.68. The highest BCUT2D eigenvalue weighted by Gasteiger charge is 2.22. The Kier molecular flexibility index (Phi) is 8.13. The quantitative estimate of drug-likeness (QED) is 0.269. The molecule has 2 aromatic carbocycles. The third-order valence-corrected chi connectivity index (χ3v) is 5.86. The maximum atomic E-state index is 13.2. The van der Waals surface area contributed by atoms with Gasteiger partial charge in [-0.1, -0.05) is 18.2 Å². The van der Waals surface area contributed by atoms with Gasteiger partial charge in [-0.3, -0.25) is 19.7 Å². The second-order valence-corrected chi connectivity index (χ2v) is 8.48. The topological polar surface area (TPSA) is 99.0 Å². The molecule has 2 aromatic rings. The first kappa shape index (κ1) is 24.3. The van der Waals surface area contributed by atoms with Gasteiger partial charge in [0.05, 0.1) is 10.5 Å². The van der Waals surface area contributed by atoms with Crippen molar-refractivity contribution in [2.24, 2.45) is 0 Å². The first-order valence-corrected chi connectivity index (χ1v) is 11.1. The van der Waals surface area contributed by atoms with E-state index in [1.165, 1.54) is 6.07 Å². The smallest absolute Gasteiger partial charge is 0.293 e. The van der Waals surface area contributed by atoms with Crippen LogP contribution in [0, 0.1) is 10.1 Å². The molecular weight excluding hydrogens is 422 g/mol. The molecule has 1 saturated heterocycles. The number of benzene rings is 2. The van der Waals surface area contributed by atoms with Crippen molar-refractivity contribution in [3.63, 3.8) is 0 Å². The zero-order valence-corrected chi connectivity index (χ0v) is 19.4. The minimum atomic E-state index is -0.509. The third kappa shape index (κ3) is 6.15. The van der Waals surface area contributed by atoms with Crippen LogP contribution in [0.2, 0.25) is 0 Å². The summed E-state index contributed by atoms with van der Waals surface area (Å²) >= 11 is 0. The molecule has 1 aliphatic rings. The van der Waals surface area contributed by atoms with Crippen LogP contribution in [-0.4, -0.2) is 86.8 Å². The molecule has 0 unspecified atom stereocenters. The molecule has 0 radical (unpaired) electrons. The zero-order chi connectivity index (χ0) is 24.0. The molecule has 1 amide bonds.